The molecule has 6 saturated heterocycles. The first kappa shape index (κ1) is 72.1. The molecule has 96 heavy (non-hydrogen) atoms. The Hall–Kier alpha value is -5.15. The molecule has 16 nitrogen and oxygen atoms in total. The first-order chi connectivity index (χ1) is 46.1. The topological polar surface area (TPSA) is 235 Å². The first-order valence-corrected chi connectivity index (χ1v) is 36.3. The Morgan fingerprint density at radius 1 is 0.552 bits per heavy atom. The highest BCUT2D eigenvalue weighted by atomic mass is 32.2. The van der Waals surface area contributed by atoms with E-state index in [1.54, 1.807) is 12.3 Å². The highest BCUT2D eigenvalue weighted by Crippen LogP contribution is 2.41. The number of aliphatic hydroxyl groups is 6. The average Bonchev–Trinajstić information content (AvgIpc) is 1.60. The molecule has 6 aliphatic heterocycles. The summed E-state index contributed by atoms with van der Waals surface area (Å²) in [5, 5.41) is 63.0. The van der Waals surface area contributed by atoms with Gasteiger partial charge >= 0.3 is 0 Å². The van der Waals surface area contributed by atoms with E-state index in [4.69, 9.17) is 39.9 Å². The average molecular weight is 1370 g/mol. The lowest BCUT2D eigenvalue weighted by Gasteiger charge is -2.40. The molecule has 6 heterocycles. The van der Waals surface area contributed by atoms with Crippen LogP contribution in [-0.2, 0) is 38.2 Å². The fourth-order valence-corrected chi connectivity index (χ4v) is 16.1. The van der Waals surface area contributed by atoms with Gasteiger partial charge in [-0.3, -0.25) is 9.80 Å². The summed E-state index contributed by atoms with van der Waals surface area (Å²) in [7, 11) is 0. The van der Waals surface area contributed by atoms with Crippen molar-refractivity contribution in [1.82, 2.24) is 9.80 Å². The minimum absolute atomic E-state index is 0.00781. The molecule has 8 unspecified atom stereocenters. The zero-order chi connectivity index (χ0) is 68.2. The van der Waals surface area contributed by atoms with E-state index in [9.17, 15) is 43.8 Å². The molecular weight excluding hydrogens is 1270 g/mol. The summed E-state index contributed by atoms with van der Waals surface area (Å²) in [6.07, 6.45) is -0.943. The largest absolute Gasteiger partial charge is 0.489 e. The Balaban J connectivity index is 0.000000195. The minimum atomic E-state index is -1.30. The van der Waals surface area contributed by atoms with Crippen LogP contribution >= 0.6 is 23.5 Å². The van der Waals surface area contributed by atoms with Crippen molar-refractivity contribution in [3.63, 3.8) is 0 Å². The second-order valence-corrected chi connectivity index (χ2v) is 29.1. The quantitative estimate of drug-likeness (QED) is 0.0400. The van der Waals surface area contributed by atoms with E-state index >= 15 is 0 Å². The molecule has 6 aliphatic rings. The van der Waals surface area contributed by atoms with Crippen molar-refractivity contribution < 1.29 is 72.2 Å². The second-order valence-electron chi connectivity index (χ2n) is 27.2. The molecule has 0 aliphatic carbocycles. The standard InChI is InChI=1S/C38H49FN2O6S.C37H46F2N2O6S/c1-21(2)29-11-8-24(36-34(43)33(42)35(44)38(47-36)48-4)17-25(29)16-23-6-9-27(10-7-23)46-28-13-14-41(19-28)26-18-32(40)37(45-20-26)30-15-22(3)5-12-31(30)39;1-4-22-6-7-23(35-33(43)32(42)34(44)37(47-35)48-3)15-24(22)14-21-5-10-31(20(2)13-21)46-27-11-12-41(18-27)26-17-30(40)36(45-19-26)28-16-25(38)8-9-29(28)39/h5-12,15,17,21,26,28,32-38,42-44H,13-14,16,18-20,40H2,1-4H3;5-10,13,15-16,26-27,30,32-37,42-44H,4,11-12,14,17-19,40H2,1-3H3/t26?,28?,32?,33-,34-,35+,36+,37?,38-;26?,27?,30?,32-,33-,34+,35+,36?,37-/m11/s1. The number of aryl methyl sites for hydroxylation is 3. The Morgan fingerprint density at radius 3 is 1.61 bits per heavy atom. The van der Waals surface area contributed by atoms with Crippen LogP contribution in [0.4, 0.5) is 13.2 Å². The summed E-state index contributed by atoms with van der Waals surface area (Å²) >= 11 is 2.62. The zero-order valence-electron chi connectivity index (χ0n) is 55.8. The molecular formula is C75H95F3N4O12S2. The Morgan fingerprint density at radius 2 is 1.07 bits per heavy atom. The lowest BCUT2D eigenvalue weighted by Crippen LogP contribution is -2.52. The molecule has 18 atom stereocenters. The van der Waals surface area contributed by atoms with Crippen LogP contribution in [0.3, 0.4) is 0 Å². The SMILES string of the molecule is CCc1ccc([C@@H]2O[C@H](SC)[C@@H](O)[C@H](O)[C@H]2O)cc1Cc1ccc(OC2CCN(C3COC(c4cc(F)ccc4F)C(N)C3)C2)c(C)c1.CS[C@H]1O[C@@H](c2ccc(C(C)C)c(Cc3ccc(OC4CCN(C5COC(c6cc(C)ccc6F)C(N)C5)C4)cc3)c2)[C@H](O)[C@@H](O)[C@@H]1O. The lowest BCUT2D eigenvalue weighted by atomic mass is 9.88. The fourth-order valence-electron chi connectivity index (χ4n) is 14.8. The number of likely N-dealkylation sites (tertiary alicyclic amines) is 2. The molecule has 6 fully saturated rings. The number of halogens is 3. The van der Waals surface area contributed by atoms with E-state index in [0.717, 1.165) is 120 Å². The van der Waals surface area contributed by atoms with E-state index in [1.807, 2.05) is 68.6 Å². The van der Waals surface area contributed by atoms with Crippen molar-refractivity contribution >= 4 is 23.5 Å². The summed E-state index contributed by atoms with van der Waals surface area (Å²) in [5.74, 6) is 0.669. The number of nitrogens with two attached hydrogens (primary N) is 2. The molecule has 10 N–H and O–H groups in total. The first-order valence-electron chi connectivity index (χ1n) is 33.7. The van der Waals surface area contributed by atoms with Crippen LogP contribution in [0.1, 0.15) is 144 Å². The van der Waals surface area contributed by atoms with Gasteiger partial charge < -0.3 is 70.5 Å². The van der Waals surface area contributed by atoms with E-state index in [-0.39, 0.29) is 41.7 Å². The normalized spacial score (nSPS) is 31.3. The molecule has 0 amide bonds. The van der Waals surface area contributed by atoms with Gasteiger partial charge in [0.25, 0.3) is 0 Å². The van der Waals surface area contributed by atoms with Crippen LogP contribution in [0.5, 0.6) is 11.5 Å². The van der Waals surface area contributed by atoms with Crippen molar-refractivity contribution in [3.05, 3.63) is 199 Å². The number of aliphatic hydroxyl groups excluding tert-OH is 6. The van der Waals surface area contributed by atoms with Gasteiger partial charge in [0.15, 0.2) is 0 Å². The van der Waals surface area contributed by atoms with Gasteiger partial charge in [-0.15, -0.1) is 23.5 Å². The molecule has 12 rings (SSSR count). The number of hydrogen-bond donors (Lipinski definition) is 8. The molecule has 520 valence electrons. The van der Waals surface area contributed by atoms with E-state index in [0.29, 0.717) is 44.0 Å². The van der Waals surface area contributed by atoms with E-state index in [1.165, 1.54) is 46.8 Å². The number of hydrogen-bond acceptors (Lipinski definition) is 18. The van der Waals surface area contributed by atoms with Crippen molar-refractivity contribution in [2.45, 2.75) is 194 Å². The van der Waals surface area contributed by atoms with Gasteiger partial charge in [-0.2, -0.15) is 0 Å². The summed E-state index contributed by atoms with van der Waals surface area (Å²) in [4.78, 5) is 4.70. The zero-order valence-corrected chi connectivity index (χ0v) is 57.4. The fraction of sp³-hybridized carbons (Fsp3) is 0.520. The van der Waals surface area contributed by atoms with Gasteiger partial charge in [0, 0.05) is 61.5 Å². The number of rotatable bonds is 18. The molecule has 0 spiro atoms. The van der Waals surface area contributed by atoms with E-state index < -0.39 is 89.6 Å². The molecule has 0 aromatic heterocycles. The maximum atomic E-state index is 14.5. The van der Waals surface area contributed by atoms with Crippen molar-refractivity contribution in [3.8, 4) is 11.5 Å². The van der Waals surface area contributed by atoms with Crippen molar-refractivity contribution in [2.24, 2.45) is 11.5 Å². The lowest BCUT2D eigenvalue weighted by molar-refractivity contribution is -0.200. The molecule has 0 radical (unpaired) electrons. The maximum absolute atomic E-state index is 14.5. The van der Waals surface area contributed by atoms with Crippen molar-refractivity contribution in [1.29, 1.82) is 0 Å². The second kappa shape index (κ2) is 32.0. The molecule has 21 heteroatoms. The van der Waals surface area contributed by atoms with Gasteiger partial charge in [0.05, 0.1) is 13.2 Å². The monoisotopic (exact) mass is 1360 g/mol. The van der Waals surface area contributed by atoms with Gasteiger partial charge in [-0.1, -0.05) is 99.1 Å². The number of nitrogens with zero attached hydrogens (tertiary/aromatic N) is 2. The molecule has 6 aromatic carbocycles. The third kappa shape index (κ3) is 16.5. The van der Waals surface area contributed by atoms with Gasteiger partial charge in [0.1, 0.15) is 113 Å². The predicted octanol–water partition coefficient (Wildman–Crippen LogP) is 9.58. The Kier molecular flexibility index (Phi) is 24.0. The summed E-state index contributed by atoms with van der Waals surface area (Å²) in [6, 6.07) is 34.6. The molecule has 6 aromatic rings. The van der Waals surface area contributed by atoms with E-state index in [2.05, 4.69) is 67.0 Å². The number of benzene rings is 6. The highest BCUT2D eigenvalue weighted by Gasteiger charge is 2.46. The van der Waals surface area contributed by atoms with Gasteiger partial charge in [-0.05, 0) is 170 Å². The summed E-state index contributed by atoms with van der Waals surface area (Å²) < 4.78 is 79.8. The minimum Gasteiger partial charge on any atom is -0.489 e. The predicted molar refractivity (Wildman–Crippen MR) is 367 cm³/mol. The van der Waals surface area contributed by atoms with Crippen LogP contribution in [0.15, 0.2) is 115 Å². The van der Waals surface area contributed by atoms with Crippen LogP contribution in [0.25, 0.3) is 0 Å². The number of ether oxygens (including phenoxy) is 6. The smallest absolute Gasteiger partial charge is 0.132 e. The maximum Gasteiger partial charge on any atom is 0.132 e. The van der Waals surface area contributed by atoms with Crippen molar-refractivity contribution in [2.75, 3.05) is 51.9 Å². The third-order valence-corrected chi connectivity index (χ3v) is 21.8. The van der Waals surface area contributed by atoms with Crippen LogP contribution in [0, 0.1) is 31.3 Å². The van der Waals surface area contributed by atoms with Crippen LogP contribution in [0.2, 0.25) is 0 Å². The Labute approximate surface area is 570 Å². The number of thioether (sulfide) groups is 2. The summed E-state index contributed by atoms with van der Waals surface area (Å²) in [5.41, 5.74) is 22.9. The van der Waals surface area contributed by atoms with Crippen LogP contribution < -0.4 is 20.9 Å². The summed E-state index contributed by atoms with van der Waals surface area (Å²) in [6.45, 7) is 14.6. The highest BCUT2D eigenvalue weighted by molar-refractivity contribution is 7.99. The Bertz CT molecular complexity index is 3580. The van der Waals surface area contributed by atoms with Gasteiger partial charge in [-0.25, -0.2) is 13.2 Å². The molecule has 0 bridgehead atoms. The third-order valence-electron chi connectivity index (χ3n) is 20.1. The molecule has 0 saturated carbocycles. The van der Waals surface area contributed by atoms with Crippen LogP contribution in [-0.4, -0.2) is 176 Å². The van der Waals surface area contributed by atoms with Gasteiger partial charge in [0.2, 0.25) is 0 Å².